The molecule has 1 saturated carbocycles. The van der Waals surface area contributed by atoms with E-state index in [-0.39, 0.29) is 24.0 Å². The standard InChI is InChI=1S/C18H28N4S.HI/c19-18(21-16-4-2-1-3-5-16)20-14-15-6-8-17(9-7-15)22-10-12-23-13-11-22;/h6-9,16H,1-5,10-14H2,(H3,19,20,21);1H. The molecule has 0 radical (unpaired) electrons. The topological polar surface area (TPSA) is 53.6 Å². The van der Waals surface area contributed by atoms with Crippen LogP contribution in [0.25, 0.3) is 0 Å². The van der Waals surface area contributed by atoms with Gasteiger partial charge in [-0.2, -0.15) is 11.8 Å². The van der Waals surface area contributed by atoms with Crippen LogP contribution in [0.2, 0.25) is 0 Å². The summed E-state index contributed by atoms with van der Waals surface area (Å²) in [6.07, 6.45) is 6.41. The van der Waals surface area contributed by atoms with E-state index >= 15 is 0 Å². The van der Waals surface area contributed by atoms with Gasteiger partial charge in [-0.1, -0.05) is 31.4 Å². The zero-order valence-electron chi connectivity index (χ0n) is 14.2. The molecule has 3 N–H and O–H groups in total. The lowest BCUT2D eigenvalue weighted by atomic mass is 9.96. The second-order valence-corrected chi connectivity index (χ2v) is 7.67. The summed E-state index contributed by atoms with van der Waals surface area (Å²) < 4.78 is 0. The minimum absolute atomic E-state index is 0. The number of nitrogens with two attached hydrogens (primary N) is 1. The fraction of sp³-hybridized carbons (Fsp3) is 0.611. The Morgan fingerprint density at radius 2 is 1.79 bits per heavy atom. The summed E-state index contributed by atoms with van der Waals surface area (Å²) in [6, 6.07) is 9.30. The molecule has 0 amide bonds. The van der Waals surface area contributed by atoms with Gasteiger partial charge in [0.05, 0.1) is 6.54 Å². The summed E-state index contributed by atoms with van der Waals surface area (Å²) in [5, 5.41) is 3.37. The zero-order valence-corrected chi connectivity index (χ0v) is 17.4. The molecule has 1 saturated heterocycles. The van der Waals surface area contributed by atoms with Crippen molar-refractivity contribution in [1.29, 1.82) is 0 Å². The van der Waals surface area contributed by atoms with Crippen LogP contribution in [-0.4, -0.2) is 36.6 Å². The summed E-state index contributed by atoms with van der Waals surface area (Å²) >= 11 is 2.04. The molecule has 0 unspecified atom stereocenters. The molecular weight excluding hydrogens is 431 g/mol. The van der Waals surface area contributed by atoms with E-state index in [2.05, 4.69) is 39.5 Å². The third kappa shape index (κ3) is 6.02. The van der Waals surface area contributed by atoms with E-state index in [0.717, 1.165) is 13.1 Å². The maximum Gasteiger partial charge on any atom is 0.189 e. The SMILES string of the molecule is I.NC(=NCc1ccc(N2CCSCC2)cc1)NC1CCCCC1. The molecule has 0 aromatic heterocycles. The number of thioether (sulfide) groups is 1. The predicted molar refractivity (Wildman–Crippen MR) is 117 cm³/mol. The molecule has 4 nitrogen and oxygen atoms in total. The second kappa shape index (κ2) is 10.4. The molecule has 24 heavy (non-hydrogen) atoms. The molecule has 1 aliphatic carbocycles. The van der Waals surface area contributed by atoms with Crippen LogP contribution in [0.1, 0.15) is 37.7 Å². The van der Waals surface area contributed by atoms with Gasteiger partial charge in [0, 0.05) is 36.3 Å². The van der Waals surface area contributed by atoms with Crippen LogP contribution in [0, 0.1) is 0 Å². The summed E-state index contributed by atoms with van der Waals surface area (Å²) in [4.78, 5) is 6.96. The number of benzene rings is 1. The smallest absolute Gasteiger partial charge is 0.189 e. The van der Waals surface area contributed by atoms with Gasteiger partial charge in [-0.25, -0.2) is 4.99 Å². The van der Waals surface area contributed by atoms with Crippen molar-refractivity contribution in [3.63, 3.8) is 0 Å². The average Bonchev–Trinajstić information content (AvgIpc) is 2.62. The van der Waals surface area contributed by atoms with Gasteiger partial charge in [-0.3, -0.25) is 0 Å². The molecule has 0 bridgehead atoms. The van der Waals surface area contributed by atoms with Crippen LogP contribution in [0.15, 0.2) is 29.3 Å². The van der Waals surface area contributed by atoms with E-state index in [9.17, 15) is 0 Å². The first-order valence-electron chi connectivity index (χ1n) is 8.79. The summed E-state index contributed by atoms with van der Waals surface area (Å²) in [7, 11) is 0. The zero-order chi connectivity index (χ0) is 15.9. The maximum absolute atomic E-state index is 6.03. The Bertz CT molecular complexity index is 508. The van der Waals surface area contributed by atoms with Gasteiger partial charge in [0.2, 0.25) is 0 Å². The lowest BCUT2D eigenvalue weighted by Gasteiger charge is -2.28. The largest absolute Gasteiger partial charge is 0.370 e. The Balaban J connectivity index is 0.00000208. The number of anilines is 1. The fourth-order valence-electron chi connectivity index (χ4n) is 3.31. The third-order valence-corrected chi connectivity index (χ3v) is 5.64. The first-order chi connectivity index (χ1) is 11.3. The molecule has 0 atom stereocenters. The van der Waals surface area contributed by atoms with Crippen molar-refractivity contribution in [2.75, 3.05) is 29.5 Å². The Kier molecular flexibility index (Phi) is 8.52. The number of hydrogen-bond donors (Lipinski definition) is 2. The number of nitrogens with zero attached hydrogens (tertiary/aromatic N) is 2. The summed E-state index contributed by atoms with van der Waals surface area (Å²) in [5.74, 6) is 3.05. The Morgan fingerprint density at radius 1 is 1.12 bits per heavy atom. The van der Waals surface area contributed by atoms with Crippen molar-refractivity contribution >= 4 is 47.4 Å². The quantitative estimate of drug-likeness (QED) is 0.410. The highest BCUT2D eigenvalue weighted by atomic mass is 127. The van der Waals surface area contributed by atoms with Crippen molar-refractivity contribution in [3.05, 3.63) is 29.8 Å². The van der Waals surface area contributed by atoms with E-state index < -0.39 is 0 Å². The van der Waals surface area contributed by atoms with Crippen molar-refractivity contribution < 1.29 is 0 Å². The Morgan fingerprint density at radius 3 is 2.46 bits per heavy atom. The minimum atomic E-state index is 0. The lowest BCUT2D eigenvalue weighted by molar-refractivity contribution is 0.412. The highest BCUT2D eigenvalue weighted by Crippen LogP contribution is 2.20. The van der Waals surface area contributed by atoms with Gasteiger partial charge in [0.15, 0.2) is 5.96 Å². The molecule has 1 aromatic rings. The molecule has 1 heterocycles. The molecule has 2 fully saturated rings. The van der Waals surface area contributed by atoms with Crippen LogP contribution < -0.4 is 16.0 Å². The number of guanidine groups is 1. The molecule has 2 aliphatic rings. The summed E-state index contributed by atoms with van der Waals surface area (Å²) in [6.45, 7) is 2.96. The molecule has 134 valence electrons. The highest BCUT2D eigenvalue weighted by molar-refractivity contribution is 14.0. The highest BCUT2D eigenvalue weighted by Gasteiger charge is 2.13. The average molecular weight is 460 g/mol. The Hall–Kier alpha value is -0.630. The van der Waals surface area contributed by atoms with Crippen LogP contribution in [0.3, 0.4) is 0 Å². The first-order valence-corrected chi connectivity index (χ1v) is 9.95. The van der Waals surface area contributed by atoms with Crippen molar-refractivity contribution in [2.45, 2.75) is 44.7 Å². The lowest BCUT2D eigenvalue weighted by Crippen LogP contribution is -2.41. The normalized spacial score (nSPS) is 19.7. The minimum Gasteiger partial charge on any atom is -0.370 e. The van der Waals surface area contributed by atoms with E-state index in [4.69, 9.17) is 5.73 Å². The monoisotopic (exact) mass is 460 g/mol. The van der Waals surface area contributed by atoms with E-state index in [0.29, 0.717) is 18.5 Å². The van der Waals surface area contributed by atoms with Crippen LogP contribution in [0.5, 0.6) is 0 Å². The maximum atomic E-state index is 6.03. The number of rotatable bonds is 4. The van der Waals surface area contributed by atoms with E-state index in [1.54, 1.807) is 0 Å². The molecular formula is C18H29IN4S. The molecule has 1 aliphatic heterocycles. The molecule has 0 spiro atoms. The second-order valence-electron chi connectivity index (χ2n) is 6.45. The van der Waals surface area contributed by atoms with Crippen molar-refractivity contribution in [1.82, 2.24) is 5.32 Å². The van der Waals surface area contributed by atoms with Crippen LogP contribution in [-0.2, 0) is 6.54 Å². The van der Waals surface area contributed by atoms with Crippen molar-refractivity contribution in [3.8, 4) is 0 Å². The van der Waals surface area contributed by atoms with Gasteiger partial charge in [-0.05, 0) is 30.5 Å². The Labute approximate surface area is 167 Å². The third-order valence-electron chi connectivity index (χ3n) is 4.70. The fourth-order valence-corrected chi connectivity index (χ4v) is 4.21. The number of halogens is 1. The molecule has 3 rings (SSSR count). The van der Waals surface area contributed by atoms with Crippen molar-refractivity contribution in [2.24, 2.45) is 10.7 Å². The van der Waals surface area contributed by atoms with E-state index in [1.807, 2.05) is 11.8 Å². The van der Waals surface area contributed by atoms with Gasteiger partial charge in [0.1, 0.15) is 0 Å². The van der Waals surface area contributed by atoms with Gasteiger partial charge in [-0.15, -0.1) is 24.0 Å². The van der Waals surface area contributed by atoms with Gasteiger partial charge >= 0.3 is 0 Å². The van der Waals surface area contributed by atoms with Gasteiger partial charge in [0.25, 0.3) is 0 Å². The van der Waals surface area contributed by atoms with Crippen LogP contribution in [0.4, 0.5) is 5.69 Å². The van der Waals surface area contributed by atoms with E-state index in [1.165, 1.54) is 54.9 Å². The number of aliphatic imine (C=N–C) groups is 1. The molecule has 1 aromatic carbocycles. The summed E-state index contributed by atoms with van der Waals surface area (Å²) in [5.41, 5.74) is 8.57. The molecule has 6 heteroatoms. The predicted octanol–water partition coefficient (Wildman–Crippen LogP) is 3.59. The van der Waals surface area contributed by atoms with Crippen LogP contribution >= 0.6 is 35.7 Å². The number of nitrogens with one attached hydrogen (secondary N) is 1. The van der Waals surface area contributed by atoms with Gasteiger partial charge < -0.3 is 16.0 Å². The number of hydrogen-bond acceptors (Lipinski definition) is 3. The first kappa shape index (κ1) is 19.7.